The average Bonchev–Trinajstić information content (AvgIpc) is 2.84. The summed E-state index contributed by atoms with van der Waals surface area (Å²) in [6.07, 6.45) is 2.17. The van der Waals surface area contributed by atoms with E-state index < -0.39 is 5.97 Å². The second-order valence-electron chi connectivity index (χ2n) is 8.33. The van der Waals surface area contributed by atoms with Crippen LogP contribution in [0.15, 0.2) is 79.0 Å². The Balaban J connectivity index is 1.76. The van der Waals surface area contributed by atoms with Crippen LogP contribution in [0.25, 0.3) is 10.9 Å². The van der Waals surface area contributed by atoms with Gasteiger partial charge in [-0.05, 0) is 66.4 Å². The molecule has 0 spiro atoms. The van der Waals surface area contributed by atoms with Crippen LogP contribution in [0.4, 0.5) is 4.39 Å². The zero-order valence-electron chi connectivity index (χ0n) is 19.0. The Hall–Kier alpha value is -4.06. The van der Waals surface area contributed by atoms with Gasteiger partial charge in [-0.1, -0.05) is 43.3 Å². The summed E-state index contributed by atoms with van der Waals surface area (Å²) in [7, 11) is 0. The van der Waals surface area contributed by atoms with Gasteiger partial charge < -0.3 is 10.0 Å². The fourth-order valence-electron chi connectivity index (χ4n) is 4.16. The molecule has 3 aromatic carbocycles. The van der Waals surface area contributed by atoms with Gasteiger partial charge in [-0.15, -0.1) is 0 Å². The molecular formula is C28H25FN2O3. The third-order valence-corrected chi connectivity index (χ3v) is 5.89. The molecule has 0 fully saturated rings. The van der Waals surface area contributed by atoms with Gasteiger partial charge in [0, 0.05) is 18.1 Å². The zero-order chi connectivity index (χ0) is 24.2. The van der Waals surface area contributed by atoms with E-state index in [-0.39, 0.29) is 29.9 Å². The highest BCUT2D eigenvalue weighted by Crippen LogP contribution is 2.29. The van der Waals surface area contributed by atoms with Gasteiger partial charge >= 0.3 is 5.97 Å². The first kappa shape index (κ1) is 23.1. The lowest BCUT2D eigenvalue weighted by molar-refractivity contribution is 0.0652. The number of aryl methyl sites for hydroxylation is 1. The maximum absolute atomic E-state index is 13.8. The van der Waals surface area contributed by atoms with E-state index >= 15 is 0 Å². The standard InChI is InChI=1S/C28H25FN2O3/c1-3-26(20-9-11-24(29)12-10-20)31(17-19-5-4-6-22(14-19)28(33)34)27(32)23-15-21-8-7-18(2)13-25(21)30-16-23/h4-16,26H,3,17H2,1-2H3,(H,33,34)/t26-/m1/s1. The smallest absolute Gasteiger partial charge is 0.335 e. The predicted molar refractivity (Wildman–Crippen MR) is 129 cm³/mol. The number of rotatable bonds is 7. The summed E-state index contributed by atoms with van der Waals surface area (Å²) in [4.78, 5) is 31.5. The molecule has 1 aromatic heterocycles. The number of carbonyl (C=O) groups is 2. The first-order valence-electron chi connectivity index (χ1n) is 11.1. The number of amides is 1. The Morgan fingerprint density at radius 3 is 2.47 bits per heavy atom. The lowest BCUT2D eigenvalue weighted by Gasteiger charge is -2.32. The van der Waals surface area contributed by atoms with Crippen LogP contribution in [0.1, 0.15) is 56.8 Å². The highest BCUT2D eigenvalue weighted by molar-refractivity contribution is 5.97. The van der Waals surface area contributed by atoms with Gasteiger partial charge in [-0.2, -0.15) is 0 Å². The van der Waals surface area contributed by atoms with Crippen molar-refractivity contribution >= 4 is 22.8 Å². The van der Waals surface area contributed by atoms with E-state index in [0.717, 1.165) is 22.0 Å². The van der Waals surface area contributed by atoms with E-state index in [1.165, 1.54) is 18.2 Å². The molecule has 5 nitrogen and oxygen atoms in total. The van der Waals surface area contributed by atoms with Crippen molar-refractivity contribution in [2.24, 2.45) is 0 Å². The number of aromatic carboxylic acids is 1. The SMILES string of the molecule is CC[C@H](c1ccc(F)cc1)N(Cc1cccc(C(=O)O)c1)C(=O)c1cnc2cc(C)ccc2c1. The van der Waals surface area contributed by atoms with E-state index in [1.54, 1.807) is 41.4 Å². The minimum Gasteiger partial charge on any atom is -0.478 e. The van der Waals surface area contributed by atoms with Gasteiger partial charge in [0.05, 0.1) is 22.7 Å². The molecule has 4 rings (SSSR count). The highest BCUT2D eigenvalue weighted by atomic mass is 19.1. The lowest BCUT2D eigenvalue weighted by atomic mass is 10.00. The van der Waals surface area contributed by atoms with Crippen molar-refractivity contribution in [3.05, 3.63) is 113 Å². The van der Waals surface area contributed by atoms with Gasteiger partial charge in [-0.3, -0.25) is 9.78 Å². The van der Waals surface area contributed by atoms with Crippen molar-refractivity contribution in [2.75, 3.05) is 0 Å². The first-order valence-corrected chi connectivity index (χ1v) is 11.1. The number of benzene rings is 3. The lowest BCUT2D eigenvalue weighted by Crippen LogP contribution is -2.34. The van der Waals surface area contributed by atoms with Crippen LogP contribution in [-0.2, 0) is 6.54 Å². The largest absolute Gasteiger partial charge is 0.478 e. The summed E-state index contributed by atoms with van der Waals surface area (Å²) in [6.45, 7) is 4.15. The molecule has 34 heavy (non-hydrogen) atoms. The molecule has 172 valence electrons. The molecule has 0 aliphatic carbocycles. The van der Waals surface area contributed by atoms with Crippen LogP contribution < -0.4 is 0 Å². The summed E-state index contributed by atoms with van der Waals surface area (Å²) in [6, 6.07) is 20.0. The number of carboxylic acid groups (broad SMARTS) is 1. The fraction of sp³-hybridized carbons (Fsp3) is 0.179. The molecule has 0 saturated heterocycles. The summed E-state index contributed by atoms with van der Waals surface area (Å²) < 4.78 is 13.6. The Labute approximate surface area is 197 Å². The minimum atomic E-state index is -1.03. The van der Waals surface area contributed by atoms with Gasteiger partial charge in [-0.25, -0.2) is 9.18 Å². The summed E-state index contributed by atoms with van der Waals surface area (Å²) in [5, 5.41) is 10.2. The van der Waals surface area contributed by atoms with E-state index in [9.17, 15) is 19.1 Å². The van der Waals surface area contributed by atoms with E-state index in [0.29, 0.717) is 17.5 Å². The number of nitrogens with zero attached hydrogens (tertiary/aromatic N) is 2. The first-order chi connectivity index (χ1) is 16.4. The fourth-order valence-corrected chi connectivity index (χ4v) is 4.16. The molecule has 1 N–H and O–H groups in total. The van der Waals surface area contributed by atoms with Crippen LogP contribution in [-0.4, -0.2) is 26.9 Å². The van der Waals surface area contributed by atoms with Crippen molar-refractivity contribution in [1.82, 2.24) is 9.88 Å². The second kappa shape index (κ2) is 9.83. The molecule has 1 atom stereocenters. The quantitative estimate of drug-likeness (QED) is 0.361. The third-order valence-electron chi connectivity index (χ3n) is 5.89. The molecule has 1 amide bonds. The maximum Gasteiger partial charge on any atom is 0.335 e. The number of hydrogen-bond donors (Lipinski definition) is 1. The molecule has 4 aromatic rings. The maximum atomic E-state index is 13.8. The van der Waals surface area contributed by atoms with E-state index in [2.05, 4.69) is 4.98 Å². The molecule has 0 unspecified atom stereocenters. The topological polar surface area (TPSA) is 70.5 Å². The number of aromatic nitrogens is 1. The highest BCUT2D eigenvalue weighted by Gasteiger charge is 2.26. The molecular weight excluding hydrogens is 431 g/mol. The molecule has 6 heteroatoms. The average molecular weight is 457 g/mol. The van der Waals surface area contributed by atoms with Crippen molar-refractivity contribution in [3.8, 4) is 0 Å². The summed E-state index contributed by atoms with van der Waals surface area (Å²) in [5.74, 6) is -1.61. The van der Waals surface area contributed by atoms with E-state index in [4.69, 9.17) is 0 Å². The van der Waals surface area contributed by atoms with E-state index in [1.807, 2.05) is 38.1 Å². The van der Waals surface area contributed by atoms with Crippen molar-refractivity contribution in [1.29, 1.82) is 0 Å². The van der Waals surface area contributed by atoms with Gasteiger partial charge in [0.15, 0.2) is 0 Å². The molecule has 0 aliphatic heterocycles. The second-order valence-corrected chi connectivity index (χ2v) is 8.33. The molecule has 0 bridgehead atoms. The van der Waals surface area contributed by atoms with Crippen LogP contribution in [0.2, 0.25) is 0 Å². The van der Waals surface area contributed by atoms with Crippen LogP contribution >= 0.6 is 0 Å². The van der Waals surface area contributed by atoms with Crippen molar-refractivity contribution < 1.29 is 19.1 Å². The van der Waals surface area contributed by atoms with Crippen LogP contribution in [0.3, 0.4) is 0 Å². The predicted octanol–water partition coefficient (Wildman–Crippen LogP) is 6.17. The molecule has 1 heterocycles. The van der Waals surface area contributed by atoms with Crippen LogP contribution in [0, 0.1) is 12.7 Å². The Morgan fingerprint density at radius 1 is 1.00 bits per heavy atom. The van der Waals surface area contributed by atoms with Crippen LogP contribution in [0.5, 0.6) is 0 Å². The molecule has 0 radical (unpaired) electrons. The van der Waals surface area contributed by atoms with Gasteiger partial charge in [0.2, 0.25) is 0 Å². The van der Waals surface area contributed by atoms with Crippen molar-refractivity contribution in [2.45, 2.75) is 32.9 Å². The van der Waals surface area contributed by atoms with Crippen molar-refractivity contribution in [3.63, 3.8) is 0 Å². The Kier molecular flexibility index (Phi) is 6.68. The van der Waals surface area contributed by atoms with Gasteiger partial charge in [0.1, 0.15) is 5.82 Å². The van der Waals surface area contributed by atoms with Gasteiger partial charge in [0.25, 0.3) is 5.91 Å². The zero-order valence-corrected chi connectivity index (χ0v) is 19.0. The number of hydrogen-bond acceptors (Lipinski definition) is 3. The normalized spacial score (nSPS) is 11.9. The Morgan fingerprint density at radius 2 is 1.76 bits per heavy atom. The summed E-state index contributed by atoms with van der Waals surface area (Å²) in [5.41, 5.74) is 3.98. The number of halogens is 1. The Bertz CT molecular complexity index is 1350. The number of carboxylic acids is 1. The number of fused-ring (bicyclic) bond motifs is 1. The third kappa shape index (κ3) is 4.96. The molecule has 0 aliphatic rings. The minimum absolute atomic E-state index is 0.155. The summed E-state index contributed by atoms with van der Waals surface area (Å²) >= 11 is 0. The number of carbonyl (C=O) groups excluding carboxylic acids is 1. The number of pyridine rings is 1. The monoisotopic (exact) mass is 456 g/mol. The molecule has 0 saturated carbocycles.